The molecule has 5 rings (SSSR count). The molecule has 0 aliphatic carbocycles. The second kappa shape index (κ2) is 7.93. The number of nitrogens with two attached hydrogens (primary N) is 1. The average Bonchev–Trinajstić information content (AvgIpc) is 3.25. The summed E-state index contributed by atoms with van der Waals surface area (Å²) in [5.41, 5.74) is 5.10. The van der Waals surface area contributed by atoms with Crippen molar-refractivity contribution in [2.24, 2.45) is 5.73 Å². The minimum atomic E-state index is -4.99. The molecule has 174 valence electrons. The Morgan fingerprint density at radius 2 is 2.00 bits per heavy atom. The summed E-state index contributed by atoms with van der Waals surface area (Å²) in [6, 6.07) is 7.67. The van der Waals surface area contributed by atoms with Crippen LogP contribution in [0.15, 0.2) is 48.9 Å². The number of rotatable bonds is 3. The molecule has 1 aliphatic heterocycles. The maximum atomic E-state index is 14.4. The van der Waals surface area contributed by atoms with Crippen LogP contribution in [0.3, 0.4) is 0 Å². The number of fused-ring (bicyclic) bond motifs is 2. The smallest absolute Gasteiger partial charge is 0.365 e. The number of hydrogen-bond acceptors (Lipinski definition) is 6. The lowest BCUT2D eigenvalue weighted by Crippen LogP contribution is -2.22. The summed E-state index contributed by atoms with van der Waals surface area (Å²) in [5, 5.41) is 7.50. The minimum Gasteiger partial charge on any atom is -0.365 e. The van der Waals surface area contributed by atoms with Crippen molar-refractivity contribution < 1.29 is 22.8 Å². The monoisotopic (exact) mass is 476 g/mol. The number of primary amides is 1. The molecule has 1 amide bonds. The van der Waals surface area contributed by atoms with Gasteiger partial charge in [-0.05, 0) is 31.2 Å². The first-order chi connectivity index (χ1) is 16.7. The Labute approximate surface area is 195 Å². The molecule has 0 saturated carbocycles. The number of aryl methyl sites for hydroxylation is 1. The lowest BCUT2D eigenvalue weighted by atomic mass is 10.00. The maximum absolute atomic E-state index is 14.4. The fraction of sp³-hybridized carbons (Fsp3) is 0.0833. The second-order valence-corrected chi connectivity index (χ2v) is 7.73. The number of aromatic nitrogens is 4. The van der Waals surface area contributed by atoms with E-state index in [-0.39, 0.29) is 28.2 Å². The molecule has 3 aromatic heterocycles. The fourth-order valence-electron chi connectivity index (χ4n) is 4.11. The topological polar surface area (TPSA) is 116 Å². The molecule has 35 heavy (non-hydrogen) atoms. The predicted molar refractivity (Wildman–Crippen MR) is 122 cm³/mol. The summed E-state index contributed by atoms with van der Waals surface area (Å²) in [6.45, 7) is 1.73. The van der Waals surface area contributed by atoms with Crippen molar-refractivity contribution in [2.75, 3.05) is 0 Å². The van der Waals surface area contributed by atoms with E-state index in [0.717, 1.165) is 0 Å². The van der Waals surface area contributed by atoms with Crippen molar-refractivity contribution in [3.05, 3.63) is 77.0 Å². The first-order valence-corrected chi connectivity index (χ1v) is 10.2. The number of nitrogens with zero attached hydrogens (tertiary/aromatic N) is 4. The second-order valence-electron chi connectivity index (χ2n) is 7.73. The zero-order chi connectivity index (χ0) is 24.9. The number of halogens is 3. The highest BCUT2D eigenvalue weighted by Gasteiger charge is 2.43. The van der Waals surface area contributed by atoms with Gasteiger partial charge in [0.25, 0.3) is 5.91 Å². The van der Waals surface area contributed by atoms with Crippen molar-refractivity contribution in [3.8, 4) is 16.9 Å². The van der Waals surface area contributed by atoms with E-state index in [1.165, 1.54) is 30.6 Å². The number of carbonyl (C=O) groups is 1. The summed E-state index contributed by atoms with van der Waals surface area (Å²) >= 11 is 0. The number of nitrogens with one attached hydrogen (secondary N) is 1. The summed E-state index contributed by atoms with van der Waals surface area (Å²) in [5.74, 6) is 0.436. The molecule has 8 nitrogen and oxygen atoms in total. The number of hydrogen-bond donors (Lipinski definition) is 2. The summed E-state index contributed by atoms with van der Waals surface area (Å²) in [4.78, 5) is 32.2. The summed E-state index contributed by atoms with van der Waals surface area (Å²) in [7, 11) is 0. The molecule has 4 aromatic rings. The number of amides is 1. The lowest BCUT2D eigenvalue weighted by molar-refractivity contribution is -0.143. The van der Waals surface area contributed by atoms with E-state index in [9.17, 15) is 22.8 Å². The number of pyridine rings is 2. The van der Waals surface area contributed by atoms with Gasteiger partial charge in [0.2, 0.25) is 0 Å². The van der Waals surface area contributed by atoms with Gasteiger partial charge in [0.05, 0.1) is 16.8 Å². The molecule has 3 N–H and O–H groups in total. The Bertz CT molecular complexity index is 1610. The molecule has 0 atom stereocenters. The van der Waals surface area contributed by atoms with Gasteiger partial charge in [-0.15, -0.1) is 0 Å². The van der Waals surface area contributed by atoms with Crippen molar-refractivity contribution in [1.29, 1.82) is 0 Å². The molecular weight excluding hydrogens is 461 g/mol. The minimum absolute atomic E-state index is 0.000621. The molecule has 1 aliphatic rings. The fourth-order valence-corrected chi connectivity index (χ4v) is 4.11. The molecule has 0 fully saturated rings. The Kier molecular flexibility index (Phi) is 4.99. The van der Waals surface area contributed by atoms with Crippen LogP contribution in [0.4, 0.5) is 13.2 Å². The van der Waals surface area contributed by atoms with Gasteiger partial charge in [-0.1, -0.05) is 12.1 Å². The van der Waals surface area contributed by atoms with Gasteiger partial charge >= 0.3 is 6.18 Å². The van der Waals surface area contributed by atoms with Crippen LogP contribution in [0.2, 0.25) is 0 Å². The van der Waals surface area contributed by atoms with Crippen LogP contribution in [0.1, 0.15) is 32.9 Å². The summed E-state index contributed by atoms with van der Waals surface area (Å²) < 4.78 is 43.8. The van der Waals surface area contributed by atoms with Crippen molar-refractivity contribution in [3.63, 3.8) is 0 Å². The SMILES string of the molecule is Cc1nccc2ncc(-c3nn(-c4cccc5c4C=CNC5=C=O)c(C(F)(F)F)c3C(N)=O)cc12. The third-order valence-corrected chi connectivity index (χ3v) is 5.64. The normalized spacial score (nSPS) is 12.9. The molecule has 1 aromatic carbocycles. The van der Waals surface area contributed by atoms with Gasteiger partial charge < -0.3 is 11.1 Å². The highest BCUT2D eigenvalue weighted by atomic mass is 19.4. The van der Waals surface area contributed by atoms with Crippen molar-refractivity contribution >= 4 is 34.5 Å². The third-order valence-electron chi connectivity index (χ3n) is 5.64. The van der Waals surface area contributed by atoms with E-state index >= 15 is 0 Å². The largest absolute Gasteiger partial charge is 0.434 e. The van der Waals surface area contributed by atoms with Gasteiger partial charge in [-0.3, -0.25) is 14.8 Å². The van der Waals surface area contributed by atoms with Gasteiger partial charge in [0.1, 0.15) is 11.4 Å². The highest BCUT2D eigenvalue weighted by Crippen LogP contribution is 2.40. The molecule has 0 unspecified atom stereocenters. The number of carbonyl (C=O) groups excluding carboxylic acids is 2. The van der Waals surface area contributed by atoms with Gasteiger partial charge in [0, 0.05) is 46.4 Å². The third kappa shape index (κ3) is 3.54. The van der Waals surface area contributed by atoms with E-state index in [0.29, 0.717) is 26.8 Å². The molecular formula is C24H15F3N6O2. The van der Waals surface area contributed by atoms with Crippen molar-refractivity contribution in [2.45, 2.75) is 13.1 Å². The standard InChI is InChI=1S/C24H15F3N6O2/c1-12-16-9-13(10-31-17(16)6-8-29-12)21-20(23(28)35)22(24(25,26)27)33(32-21)19-4-2-3-14-15(19)5-7-30-18(14)11-34/h2-10,30H,1H3,(H2,28,35). The first kappa shape index (κ1) is 22.1. The maximum Gasteiger partial charge on any atom is 0.434 e. The van der Waals surface area contributed by atoms with E-state index in [1.54, 1.807) is 37.3 Å². The van der Waals surface area contributed by atoms with E-state index in [4.69, 9.17) is 5.73 Å². The van der Waals surface area contributed by atoms with E-state index in [2.05, 4.69) is 20.4 Å². The van der Waals surface area contributed by atoms with Crippen LogP contribution >= 0.6 is 0 Å². The van der Waals surface area contributed by atoms with Crippen LogP contribution in [0.5, 0.6) is 0 Å². The van der Waals surface area contributed by atoms with Gasteiger partial charge in [-0.2, -0.15) is 18.3 Å². The molecule has 0 bridgehead atoms. The number of benzene rings is 1. The molecule has 0 saturated heterocycles. The Balaban J connectivity index is 1.85. The van der Waals surface area contributed by atoms with Crippen LogP contribution in [0, 0.1) is 6.92 Å². The quantitative estimate of drug-likeness (QED) is 0.436. The molecule has 0 spiro atoms. The first-order valence-electron chi connectivity index (χ1n) is 10.2. The van der Waals surface area contributed by atoms with Gasteiger partial charge in [-0.25, -0.2) is 9.48 Å². The lowest BCUT2D eigenvalue weighted by Gasteiger charge is -2.18. The zero-order valence-electron chi connectivity index (χ0n) is 18.0. The number of alkyl halides is 3. The Morgan fingerprint density at radius 3 is 2.71 bits per heavy atom. The van der Waals surface area contributed by atoms with E-state index in [1.807, 2.05) is 0 Å². The van der Waals surface area contributed by atoms with Crippen LogP contribution < -0.4 is 11.1 Å². The van der Waals surface area contributed by atoms with Crippen LogP contribution in [-0.2, 0) is 11.0 Å². The zero-order valence-corrected chi connectivity index (χ0v) is 18.0. The van der Waals surface area contributed by atoms with Crippen LogP contribution in [-0.4, -0.2) is 31.6 Å². The van der Waals surface area contributed by atoms with Crippen LogP contribution in [0.25, 0.3) is 39.6 Å². The van der Waals surface area contributed by atoms with E-state index < -0.39 is 23.3 Å². The molecule has 11 heteroatoms. The Morgan fingerprint density at radius 1 is 1.20 bits per heavy atom. The van der Waals surface area contributed by atoms with Crippen molar-refractivity contribution in [1.82, 2.24) is 25.1 Å². The highest BCUT2D eigenvalue weighted by molar-refractivity contribution is 6.01. The van der Waals surface area contributed by atoms with Gasteiger partial charge in [0.15, 0.2) is 11.6 Å². The summed E-state index contributed by atoms with van der Waals surface area (Å²) in [6.07, 6.45) is 0.822. The predicted octanol–water partition coefficient (Wildman–Crippen LogP) is 3.66. The molecule has 4 heterocycles. The Hall–Kier alpha value is -4.76. The molecule has 0 radical (unpaired) electrons. The average molecular weight is 476 g/mol.